The van der Waals surface area contributed by atoms with E-state index in [0.717, 1.165) is 23.5 Å². The van der Waals surface area contributed by atoms with Gasteiger partial charge in [0.25, 0.3) is 0 Å². The van der Waals surface area contributed by atoms with Crippen molar-refractivity contribution >= 4 is 16.9 Å². The lowest BCUT2D eigenvalue weighted by Crippen LogP contribution is -2.15. The molecule has 1 aliphatic carbocycles. The monoisotopic (exact) mass is 272 g/mol. The number of carbonyl (C=O) groups is 1. The van der Waals surface area contributed by atoms with Crippen LogP contribution >= 0.6 is 0 Å². The van der Waals surface area contributed by atoms with Crippen molar-refractivity contribution in [1.82, 2.24) is 19.5 Å². The largest absolute Gasteiger partial charge is 0.313 e. The number of Topliss-reactive ketones (excluding diaryl/α,β-unsaturated/α-hetero) is 1. The molecule has 0 N–H and O–H groups in total. The quantitative estimate of drug-likeness (QED) is 0.806. The Morgan fingerprint density at radius 2 is 2.05 bits per heavy atom. The standard InChI is InChI=1S/C15H20N4O/c1-10(20)14-16-8-13-15(18-14)19(11(2)17-13)9-12-6-4-3-5-7-12/h8,12H,3-7,9H2,1-2H3. The third-order valence-electron chi connectivity index (χ3n) is 4.16. The van der Waals surface area contributed by atoms with Crippen LogP contribution in [0, 0.1) is 12.8 Å². The Bertz CT molecular complexity index is 641. The Hall–Kier alpha value is -1.78. The molecule has 5 heteroatoms. The molecule has 106 valence electrons. The first-order valence-electron chi connectivity index (χ1n) is 7.36. The third kappa shape index (κ3) is 2.44. The van der Waals surface area contributed by atoms with Gasteiger partial charge in [-0.3, -0.25) is 4.79 Å². The summed E-state index contributed by atoms with van der Waals surface area (Å²) in [6, 6.07) is 0. The number of fused-ring (bicyclic) bond motifs is 1. The minimum atomic E-state index is -0.102. The zero-order valence-electron chi connectivity index (χ0n) is 12.1. The molecule has 0 saturated heterocycles. The summed E-state index contributed by atoms with van der Waals surface area (Å²) in [5, 5.41) is 0. The molecule has 2 aromatic rings. The molecule has 0 atom stereocenters. The van der Waals surface area contributed by atoms with E-state index in [1.165, 1.54) is 39.0 Å². The number of imidazole rings is 1. The first-order chi connectivity index (χ1) is 9.65. The molecule has 0 unspecified atom stereocenters. The van der Waals surface area contributed by atoms with Crippen molar-refractivity contribution < 1.29 is 4.79 Å². The van der Waals surface area contributed by atoms with E-state index in [-0.39, 0.29) is 11.6 Å². The SMILES string of the molecule is CC(=O)c1ncc2nc(C)n(CC3CCCCC3)c2n1. The van der Waals surface area contributed by atoms with E-state index in [1.807, 2.05) is 6.92 Å². The van der Waals surface area contributed by atoms with Gasteiger partial charge >= 0.3 is 0 Å². The number of hydrogen-bond donors (Lipinski definition) is 0. The van der Waals surface area contributed by atoms with Crippen LogP contribution < -0.4 is 0 Å². The average Bonchev–Trinajstić information content (AvgIpc) is 2.75. The van der Waals surface area contributed by atoms with Gasteiger partial charge in [-0.15, -0.1) is 0 Å². The fourth-order valence-corrected chi connectivity index (χ4v) is 3.05. The van der Waals surface area contributed by atoms with Crippen molar-refractivity contribution in [3.05, 3.63) is 17.8 Å². The van der Waals surface area contributed by atoms with E-state index < -0.39 is 0 Å². The third-order valence-corrected chi connectivity index (χ3v) is 4.16. The fraction of sp³-hybridized carbons (Fsp3) is 0.600. The average molecular weight is 272 g/mol. The molecule has 1 fully saturated rings. The summed E-state index contributed by atoms with van der Waals surface area (Å²) in [5.41, 5.74) is 1.58. The molecule has 0 aromatic carbocycles. The van der Waals surface area contributed by atoms with Gasteiger partial charge in [0, 0.05) is 13.5 Å². The zero-order chi connectivity index (χ0) is 14.1. The highest BCUT2D eigenvalue weighted by Crippen LogP contribution is 2.26. The van der Waals surface area contributed by atoms with E-state index in [2.05, 4.69) is 19.5 Å². The van der Waals surface area contributed by atoms with Crippen LogP contribution in [0.1, 0.15) is 55.5 Å². The lowest BCUT2D eigenvalue weighted by atomic mass is 9.89. The van der Waals surface area contributed by atoms with Crippen LogP contribution in [-0.4, -0.2) is 25.3 Å². The Labute approximate surface area is 118 Å². The summed E-state index contributed by atoms with van der Waals surface area (Å²) in [7, 11) is 0. The van der Waals surface area contributed by atoms with Crippen LogP contribution in [0.2, 0.25) is 0 Å². The fourth-order valence-electron chi connectivity index (χ4n) is 3.05. The molecule has 0 radical (unpaired) electrons. The number of ketones is 1. The molecule has 1 saturated carbocycles. The van der Waals surface area contributed by atoms with E-state index in [4.69, 9.17) is 0 Å². The molecule has 20 heavy (non-hydrogen) atoms. The topological polar surface area (TPSA) is 60.7 Å². The highest BCUT2D eigenvalue weighted by molar-refractivity contribution is 5.91. The van der Waals surface area contributed by atoms with Gasteiger partial charge in [-0.1, -0.05) is 19.3 Å². The number of carbonyl (C=O) groups excluding carboxylic acids is 1. The summed E-state index contributed by atoms with van der Waals surface area (Å²) >= 11 is 0. The first-order valence-corrected chi connectivity index (χ1v) is 7.36. The summed E-state index contributed by atoms with van der Waals surface area (Å²) in [6.45, 7) is 4.45. The molecule has 5 nitrogen and oxygen atoms in total. The molecular weight excluding hydrogens is 252 g/mol. The molecule has 1 aliphatic rings. The summed E-state index contributed by atoms with van der Waals surface area (Å²) in [5.74, 6) is 1.84. The zero-order valence-corrected chi connectivity index (χ0v) is 12.1. The van der Waals surface area contributed by atoms with Crippen molar-refractivity contribution in [2.75, 3.05) is 0 Å². The number of aromatic nitrogens is 4. The second-order valence-corrected chi connectivity index (χ2v) is 5.73. The van der Waals surface area contributed by atoms with Crippen LogP contribution in [0.5, 0.6) is 0 Å². The van der Waals surface area contributed by atoms with Gasteiger partial charge in [0.05, 0.1) is 6.20 Å². The van der Waals surface area contributed by atoms with Crippen molar-refractivity contribution in [1.29, 1.82) is 0 Å². The van der Waals surface area contributed by atoms with Crippen molar-refractivity contribution in [3.63, 3.8) is 0 Å². The van der Waals surface area contributed by atoms with Crippen molar-refractivity contribution in [2.45, 2.75) is 52.5 Å². The van der Waals surface area contributed by atoms with E-state index >= 15 is 0 Å². The summed E-state index contributed by atoms with van der Waals surface area (Å²) in [4.78, 5) is 24.4. The first kappa shape index (κ1) is 13.2. The maximum Gasteiger partial charge on any atom is 0.197 e. The molecule has 2 heterocycles. The van der Waals surface area contributed by atoms with Gasteiger partial charge in [0.1, 0.15) is 11.3 Å². The Morgan fingerprint density at radius 1 is 1.30 bits per heavy atom. The van der Waals surface area contributed by atoms with Gasteiger partial charge in [-0.25, -0.2) is 15.0 Å². The smallest absolute Gasteiger partial charge is 0.197 e. The lowest BCUT2D eigenvalue weighted by molar-refractivity contribution is 0.100. The van der Waals surface area contributed by atoms with Gasteiger partial charge in [0.15, 0.2) is 17.3 Å². The normalized spacial score (nSPS) is 16.7. The Morgan fingerprint density at radius 3 is 2.75 bits per heavy atom. The summed E-state index contributed by atoms with van der Waals surface area (Å²) < 4.78 is 2.15. The van der Waals surface area contributed by atoms with Gasteiger partial charge in [0.2, 0.25) is 0 Å². The second kappa shape index (κ2) is 5.31. The Balaban J connectivity index is 1.97. The molecule has 0 spiro atoms. The number of rotatable bonds is 3. The molecule has 0 bridgehead atoms. The number of hydrogen-bond acceptors (Lipinski definition) is 4. The van der Waals surface area contributed by atoms with E-state index in [0.29, 0.717) is 5.92 Å². The van der Waals surface area contributed by atoms with Crippen LogP contribution in [0.25, 0.3) is 11.2 Å². The number of nitrogens with zero attached hydrogens (tertiary/aromatic N) is 4. The van der Waals surface area contributed by atoms with Gasteiger partial charge < -0.3 is 4.57 Å². The Kier molecular flexibility index (Phi) is 3.51. The van der Waals surface area contributed by atoms with Crippen LogP contribution in [0.3, 0.4) is 0 Å². The van der Waals surface area contributed by atoms with E-state index in [9.17, 15) is 4.79 Å². The molecule has 0 aliphatic heterocycles. The van der Waals surface area contributed by atoms with Crippen molar-refractivity contribution in [3.8, 4) is 0 Å². The van der Waals surface area contributed by atoms with Crippen LogP contribution in [-0.2, 0) is 6.54 Å². The molecular formula is C15H20N4O. The maximum atomic E-state index is 11.4. The molecule has 3 rings (SSSR count). The summed E-state index contributed by atoms with van der Waals surface area (Å²) in [6.07, 6.45) is 8.22. The molecule has 0 amide bonds. The highest BCUT2D eigenvalue weighted by atomic mass is 16.1. The minimum absolute atomic E-state index is 0.102. The second-order valence-electron chi connectivity index (χ2n) is 5.73. The highest BCUT2D eigenvalue weighted by Gasteiger charge is 2.18. The lowest BCUT2D eigenvalue weighted by Gasteiger charge is -2.22. The molecule has 2 aromatic heterocycles. The number of aryl methyl sites for hydroxylation is 1. The minimum Gasteiger partial charge on any atom is -0.313 e. The van der Waals surface area contributed by atoms with Crippen molar-refractivity contribution in [2.24, 2.45) is 5.92 Å². The maximum absolute atomic E-state index is 11.4. The van der Waals surface area contributed by atoms with Crippen LogP contribution in [0.15, 0.2) is 6.20 Å². The predicted octanol–water partition coefficient (Wildman–Crippen LogP) is 2.92. The predicted molar refractivity (Wildman–Crippen MR) is 76.6 cm³/mol. The van der Waals surface area contributed by atoms with E-state index in [1.54, 1.807) is 6.20 Å². The van der Waals surface area contributed by atoms with Gasteiger partial charge in [-0.2, -0.15) is 0 Å². The van der Waals surface area contributed by atoms with Crippen LogP contribution in [0.4, 0.5) is 0 Å². The van der Waals surface area contributed by atoms with Gasteiger partial charge in [-0.05, 0) is 25.7 Å².